The molecular formula is C25H31N3O3. The van der Waals surface area contributed by atoms with E-state index in [0.29, 0.717) is 18.7 Å². The lowest BCUT2D eigenvalue weighted by atomic mass is 9.97. The van der Waals surface area contributed by atoms with Crippen molar-refractivity contribution in [1.29, 1.82) is 0 Å². The van der Waals surface area contributed by atoms with Gasteiger partial charge in [0, 0.05) is 18.1 Å². The summed E-state index contributed by atoms with van der Waals surface area (Å²) in [6, 6.07) is 13.9. The molecule has 0 bridgehead atoms. The van der Waals surface area contributed by atoms with Crippen molar-refractivity contribution >= 4 is 11.6 Å². The van der Waals surface area contributed by atoms with Crippen LogP contribution < -0.4 is 9.47 Å². The first kappa shape index (κ1) is 21.4. The summed E-state index contributed by atoms with van der Waals surface area (Å²) in [6.07, 6.45) is 4.20. The molecule has 0 spiro atoms. The summed E-state index contributed by atoms with van der Waals surface area (Å²) < 4.78 is 11.0. The maximum absolute atomic E-state index is 13.4. The van der Waals surface area contributed by atoms with Crippen molar-refractivity contribution in [2.75, 3.05) is 33.9 Å². The number of carbonyl (C=O) groups excluding carboxylic acids is 1. The fourth-order valence-corrected chi connectivity index (χ4v) is 4.38. The molecule has 2 aromatic rings. The van der Waals surface area contributed by atoms with Crippen LogP contribution in [0.5, 0.6) is 11.5 Å². The van der Waals surface area contributed by atoms with E-state index in [1.807, 2.05) is 18.2 Å². The minimum Gasteiger partial charge on any atom is -0.497 e. The quantitative estimate of drug-likeness (QED) is 0.702. The third-order valence-corrected chi connectivity index (χ3v) is 6.16. The highest BCUT2D eigenvalue weighted by molar-refractivity contribution is 6.03. The number of benzene rings is 2. The second kappa shape index (κ2) is 9.52. The fraction of sp³-hybridized carbons (Fsp3) is 0.440. The van der Waals surface area contributed by atoms with E-state index in [9.17, 15) is 4.79 Å². The normalized spacial score (nSPS) is 19.3. The van der Waals surface area contributed by atoms with Crippen LogP contribution in [0.25, 0.3) is 0 Å². The first-order valence-electron chi connectivity index (χ1n) is 11.0. The average Bonchev–Trinajstić information content (AvgIpc) is 3.25. The Labute approximate surface area is 184 Å². The van der Waals surface area contributed by atoms with Gasteiger partial charge in [-0.3, -0.25) is 9.69 Å². The van der Waals surface area contributed by atoms with Crippen LogP contribution in [0.2, 0.25) is 0 Å². The molecule has 0 unspecified atom stereocenters. The van der Waals surface area contributed by atoms with Crippen LogP contribution in [-0.4, -0.2) is 55.4 Å². The van der Waals surface area contributed by atoms with Crippen molar-refractivity contribution in [3.8, 4) is 11.5 Å². The number of hydrazone groups is 1. The summed E-state index contributed by atoms with van der Waals surface area (Å²) >= 11 is 0. The van der Waals surface area contributed by atoms with E-state index in [0.717, 1.165) is 48.5 Å². The molecule has 0 aliphatic carbocycles. The van der Waals surface area contributed by atoms with Crippen LogP contribution >= 0.6 is 0 Å². The molecule has 31 heavy (non-hydrogen) atoms. The van der Waals surface area contributed by atoms with E-state index in [1.54, 1.807) is 19.2 Å². The van der Waals surface area contributed by atoms with Gasteiger partial charge in [-0.15, -0.1) is 0 Å². The minimum atomic E-state index is -0.200. The van der Waals surface area contributed by atoms with E-state index in [2.05, 4.69) is 36.1 Å². The third-order valence-electron chi connectivity index (χ3n) is 6.16. The number of hydrogen-bond donors (Lipinski definition) is 0. The molecule has 6 heteroatoms. The van der Waals surface area contributed by atoms with Crippen LogP contribution in [0.15, 0.2) is 47.6 Å². The van der Waals surface area contributed by atoms with Crippen LogP contribution in [0, 0.1) is 6.92 Å². The number of likely N-dealkylation sites (tertiary alicyclic amines) is 1. The van der Waals surface area contributed by atoms with Crippen molar-refractivity contribution in [2.24, 2.45) is 5.10 Å². The number of aryl methyl sites for hydroxylation is 1. The van der Waals surface area contributed by atoms with E-state index >= 15 is 0 Å². The van der Waals surface area contributed by atoms with Crippen LogP contribution in [0.4, 0.5) is 0 Å². The number of nitrogens with zero attached hydrogens (tertiary/aromatic N) is 3. The SMILES string of the molecule is COc1ccc([C@H]2CC(c3ccc(C)cc3)=NN2C(=O)CN2CCCCC2)c(OC)c1. The molecule has 0 saturated carbocycles. The van der Waals surface area contributed by atoms with E-state index in [1.165, 1.54) is 12.0 Å². The zero-order valence-corrected chi connectivity index (χ0v) is 18.6. The minimum absolute atomic E-state index is 0.0342. The molecule has 6 nitrogen and oxygen atoms in total. The largest absolute Gasteiger partial charge is 0.497 e. The number of carbonyl (C=O) groups is 1. The highest BCUT2D eigenvalue weighted by Gasteiger charge is 2.35. The van der Waals surface area contributed by atoms with Gasteiger partial charge >= 0.3 is 0 Å². The summed E-state index contributed by atoms with van der Waals surface area (Å²) in [5.41, 5.74) is 4.13. The molecule has 2 aromatic carbocycles. The predicted octanol–water partition coefficient (Wildman–Crippen LogP) is 4.18. The molecule has 0 radical (unpaired) electrons. The Morgan fingerprint density at radius 3 is 2.45 bits per heavy atom. The molecule has 0 N–H and O–H groups in total. The maximum Gasteiger partial charge on any atom is 0.257 e. The molecule has 1 amide bonds. The summed E-state index contributed by atoms with van der Waals surface area (Å²) in [5, 5.41) is 6.49. The smallest absolute Gasteiger partial charge is 0.257 e. The standard InChI is InChI=1S/C25H31N3O3/c1-18-7-9-19(10-8-18)22-16-23(21-12-11-20(30-2)15-24(21)31-3)28(26-22)25(29)17-27-13-5-4-6-14-27/h7-12,15,23H,4-6,13-14,16-17H2,1-3H3/t23-/m1/s1. The number of methoxy groups -OCH3 is 2. The Morgan fingerprint density at radius 1 is 1.03 bits per heavy atom. The van der Waals surface area contributed by atoms with Gasteiger partial charge in [0.1, 0.15) is 11.5 Å². The van der Waals surface area contributed by atoms with Crippen molar-refractivity contribution in [1.82, 2.24) is 9.91 Å². The first-order chi connectivity index (χ1) is 15.1. The Bertz CT molecular complexity index is 949. The van der Waals surface area contributed by atoms with Gasteiger partial charge in [-0.1, -0.05) is 36.2 Å². The van der Waals surface area contributed by atoms with Gasteiger partial charge in [-0.2, -0.15) is 5.10 Å². The van der Waals surface area contributed by atoms with Crippen LogP contribution in [-0.2, 0) is 4.79 Å². The molecule has 1 atom stereocenters. The van der Waals surface area contributed by atoms with Crippen molar-refractivity contribution in [3.05, 3.63) is 59.2 Å². The van der Waals surface area contributed by atoms with Crippen LogP contribution in [0.1, 0.15) is 48.4 Å². The molecule has 4 rings (SSSR count). The average molecular weight is 422 g/mol. The van der Waals surface area contributed by atoms with Crippen LogP contribution in [0.3, 0.4) is 0 Å². The first-order valence-corrected chi connectivity index (χ1v) is 11.0. The number of rotatable bonds is 6. The van der Waals surface area contributed by atoms with Crippen molar-refractivity contribution in [2.45, 2.75) is 38.6 Å². The summed E-state index contributed by atoms with van der Waals surface area (Å²) in [4.78, 5) is 15.6. The van der Waals surface area contributed by atoms with Crippen molar-refractivity contribution < 1.29 is 14.3 Å². The molecular weight excluding hydrogens is 390 g/mol. The molecule has 2 heterocycles. The number of amides is 1. The molecule has 0 aromatic heterocycles. The van der Waals surface area contributed by atoms with E-state index < -0.39 is 0 Å². The maximum atomic E-state index is 13.4. The van der Waals surface area contributed by atoms with Gasteiger partial charge in [-0.25, -0.2) is 5.01 Å². The van der Waals surface area contributed by atoms with Gasteiger partial charge in [-0.05, 0) is 50.6 Å². The lowest BCUT2D eigenvalue weighted by molar-refractivity contribution is -0.134. The molecule has 1 saturated heterocycles. The second-order valence-electron chi connectivity index (χ2n) is 8.32. The zero-order valence-electron chi connectivity index (χ0n) is 18.6. The van der Waals surface area contributed by atoms with Gasteiger partial charge in [0.25, 0.3) is 5.91 Å². The zero-order chi connectivity index (χ0) is 21.8. The molecule has 164 valence electrons. The van der Waals surface area contributed by atoms with Gasteiger partial charge in [0.15, 0.2) is 0 Å². The Balaban J connectivity index is 1.65. The Morgan fingerprint density at radius 2 is 1.77 bits per heavy atom. The lowest BCUT2D eigenvalue weighted by Gasteiger charge is -2.29. The van der Waals surface area contributed by atoms with Gasteiger partial charge in [0.05, 0.1) is 32.5 Å². The third kappa shape index (κ3) is 4.74. The van der Waals surface area contributed by atoms with E-state index in [-0.39, 0.29) is 11.9 Å². The number of hydrogen-bond acceptors (Lipinski definition) is 5. The second-order valence-corrected chi connectivity index (χ2v) is 8.32. The topological polar surface area (TPSA) is 54.4 Å². The Hall–Kier alpha value is -2.86. The summed E-state index contributed by atoms with van der Waals surface area (Å²) in [6.45, 7) is 4.43. The number of piperidine rings is 1. The molecule has 2 aliphatic rings. The highest BCUT2D eigenvalue weighted by Crippen LogP contribution is 2.39. The lowest BCUT2D eigenvalue weighted by Crippen LogP contribution is -2.40. The number of ether oxygens (including phenoxy) is 2. The molecule has 2 aliphatic heterocycles. The molecule has 1 fully saturated rings. The van der Waals surface area contributed by atoms with Gasteiger partial charge < -0.3 is 9.47 Å². The summed E-state index contributed by atoms with van der Waals surface area (Å²) in [5.74, 6) is 1.47. The highest BCUT2D eigenvalue weighted by atomic mass is 16.5. The fourth-order valence-electron chi connectivity index (χ4n) is 4.38. The van der Waals surface area contributed by atoms with E-state index in [4.69, 9.17) is 14.6 Å². The Kier molecular flexibility index (Phi) is 6.56. The monoisotopic (exact) mass is 421 g/mol. The summed E-state index contributed by atoms with van der Waals surface area (Å²) in [7, 11) is 3.28. The predicted molar refractivity (Wildman–Crippen MR) is 122 cm³/mol. The van der Waals surface area contributed by atoms with Gasteiger partial charge in [0.2, 0.25) is 0 Å². The van der Waals surface area contributed by atoms with Crippen molar-refractivity contribution in [3.63, 3.8) is 0 Å².